The first-order valence-electron chi connectivity index (χ1n) is 21.3. The Hall–Kier alpha value is -7.74. The van der Waals surface area contributed by atoms with Crippen molar-refractivity contribution in [1.82, 2.24) is 0 Å². The molecule has 13 rings (SSSR count). The number of hydrogen-bond acceptors (Lipinski definition) is 1. The van der Waals surface area contributed by atoms with Crippen molar-refractivity contribution in [3.8, 4) is 44.5 Å². The van der Waals surface area contributed by atoms with Gasteiger partial charge in [0.2, 0.25) is 0 Å². The van der Waals surface area contributed by atoms with Crippen molar-refractivity contribution in [3.05, 3.63) is 270 Å². The van der Waals surface area contributed by atoms with E-state index in [1.165, 1.54) is 88.7 Å². The van der Waals surface area contributed by atoms with Gasteiger partial charge in [0.1, 0.15) is 0 Å². The Morgan fingerprint density at radius 1 is 0.246 bits per heavy atom. The van der Waals surface area contributed by atoms with Crippen LogP contribution >= 0.6 is 0 Å². The van der Waals surface area contributed by atoms with Crippen LogP contribution in [0.3, 0.4) is 0 Å². The average Bonchev–Trinajstić information content (AvgIpc) is 3.34. The van der Waals surface area contributed by atoms with Gasteiger partial charge in [-0.05, 0) is 125 Å². The Morgan fingerprint density at radius 3 is 1.11 bits per heavy atom. The molecule has 286 valence electrons. The molecule has 1 nitrogen and oxygen atoms in total. The van der Waals surface area contributed by atoms with Crippen molar-refractivity contribution in [1.29, 1.82) is 0 Å². The Bertz CT molecular complexity index is 3170. The molecule has 0 atom stereocenters. The summed E-state index contributed by atoms with van der Waals surface area (Å²) in [5.74, 6) is 0.332. The Morgan fingerprint density at radius 2 is 0.607 bits per heavy atom. The second-order valence-corrected chi connectivity index (χ2v) is 16.3. The van der Waals surface area contributed by atoms with Crippen LogP contribution in [0.2, 0.25) is 0 Å². The van der Waals surface area contributed by atoms with E-state index in [9.17, 15) is 0 Å². The third-order valence-electron chi connectivity index (χ3n) is 13.1. The first kappa shape index (κ1) is 35.2. The largest absolute Gasteiger partial charge is 0.311 e. The van der Waals surface area contributed by atoms with E-state index < -0.39 is 0 Å². The molecule has 10 aromatic rings. The fraction of sp³-hybridized carbons (Fsp3) is 0.0333. The van der Waals surface area contributed by atoms with E-state index in [2.05, 4.69) is 241 Å². The molecule has 1 heteroatoms. The topological polar surface area (TPSA) is 3.24 Å². The van der Waals surface area contributed by atoms with Crippen LogP contribution in [0, 0.1) is 0 Å². The highest BCUT2D eigenvalue weighted by atomic mass is 15.1. The number of anilines is 3. The molecule has 0 radical (unpaired) electrons. The smallest absolute Gasteiger partial charge is 0.0462 e. The maximum atomic E-state index is 2.38. The molecule has 61 heavy (non-hydrogen) atoms. The number of benzene rings is 10. The summed E-state index contributed by atoms with van der Waals surface area (Å²) in [5, 5.41) is 2.52. The van der Waals surface area contributed by atoms with E-state index in [0.717, 1.165) is 17.1 Å². The predicted octanol–water partition coefficient (Wildman–Crippen LogP) is 16.0. The van der Waals surface area contributed by atoms with Crippen molar-refractivity contribution >= 4 is 27.8 Å². The molecule has 0 saturated carbocycles. The molecule has 0 spiro atoms. The van der Waals surface area contributed by atoms with Crippen LogP contribution < -0.4 is 4.90 Å². The molecule has 0 heterocycles. The quantitative estimate of drug-likeness (QED) is 0.156. The van der Waals surface area contributed by atoms with Gasteiger partial charge in [0.05, 0.1) is 0 Å². The Balaban J connectivity index is 0.985. The molecule has 0 amide bonds. The van der Waals surface area contributed by atoms with E-state index in [1.807, 2.05) is 0 Å². The van der Waals surface area contributed by atoms with Crippen LogP contribution in [-0.4, -0.2) is 0 Å². The molecule has 0 aromatic heterocycles. The van der Waals surface area contributed by atoms with Crippen LogP contribution in [0.5, 0.6) is 0 Å². The number of rotatable bonds is 7. The molecule has 3 aliphatic carbocycles. The van der Waals surface area contributed by atoms with E-state index in [0.29, 0.717) is 0 Å². The first-order chi connectivity index (χ1) is 30.3. The monoisotopic (exact) mass is 775 g/mol. The number of hydrogen-bond donors (Lipinski definition) is 0. The molecular formula is C60H41N. The van der Waals surface area contributed by atoms with Gasteiger partial charge in [-0.25, -0.2) is 0 Å². The summed E-state index contributed by atoms with van der Waals surface area (Å²) in [6.07, 6.45) is 0. The van der Waals surface area contributed by atoms with Gasteiger partial charge < -0.3 is 4.90 Å². The fourth-order valence-electron chi connectivity index (χ4n) is 10.3. The standard InChI is InChI=1S/C60H41N/c1-3-14-40(15-4-1)41-26-32-46(33-27-41)61(47-34-28-44(29-35-47)50-25-13-19-42-18-7-8-20-49(42)50)48-36-30-45(31-37-48)52-39-38-51(43-16-5-2-6-17-43)59-57-53-21-9-11-23-55(53)58(60(52)59)56-24-12-10-22-54(56)57/h1-39,57-58H. The maximum Gasteiger partial charge on any atom is 0.0462 e. The summed E-state index contributed by atoms with van der Waals surface area (Å²) < 4.78 is 0. The zero-order valence-electron chi connectivity index (χ0n) is 33.6. The molecule has 2 bridgehead atoms. The van der Waals surface area contributed by atoms with Gasteiger partial charge in [0, 0.05) is 28.9 Å². The molecule has 0 N–H and O–H groups in total. The second-order valence-electron chi connectivity index (χ2n) is 16.3. The van der Waals surface area contributed by atoms with Gasteiger partial charge >= 0.3 is 0 Å². The van der Waals surface area contributed by atoms with Crippen molar-refractivity contribution in [3.63, 3.8) is 0 Å². The molecule has 10 aromatic carbocycles. The molecule has 0 unspecified atom stereocenters. The average molecular weight is 776 g/mol. The molecular weight excluding hydrogens is 735 g/mol. The van der Waals surface area contributed by atoms with E-state index >= 15 is 0 Å². The Labute approximate surface area is 357 Å². The molecule has 0 fully saturated rings. The summed E-state index contributed by atoms with van der Waals surface area (Å²) in [7, 11) is 0. The summed E-state index contributed by atoms with van der Waals surface area (Å²) in [6.45, 7) is 0. The van der Waals surface area contributed by atoms with Crippen molar-refractivity contribution < 1.29 is 0 Å². The predicted molar refractivity (Wildman–Crippen MR) is 255 cm³/mol. The van der Waals surface area contributed by atoms with Crippen LogP contribution in [0.15, 0.2) is 237 Å². The van der Waals surface area contributed by atoms with E-state index in [4.69, 9.17) is 0 Å². The minimum Gasteiger partial charge on any atom is -0.311 e. The van der Waals surface area contributed by atoms with E-state index in [1.54, 1.807) is 0 Å². The third kappa shape index (κ3) is 5.85. The lowest BCUT2D eigenvalue weighted by Crippen LogP contribution is -2.28. The highest BCUT2D eigenvalue weighted by Gasteiger charge is 2.43. The van der Waals surface area contributed by atoms with Crippen LogP contribution in [-0.2, 0) is 0 Å². The highest BCUT2D eigenvalue weighted by Crippen LogP contribution is 2.59. The second kappa shape index (κ2) is 14.5. The maximum absolute atomic E-state index is 2.38. The lowest BCUT2D eigenvalue weighted by molar-refractivity contribution is 0.757. The van der Waals surface area contributed by atoms with Crippen LogP contribution in [0.25, 0.3) is 55.3 Å². The number of nitrogens with zero attached hydrogens (tertiary/aromatic N) is 1. The zero-order valence-corrected chi connectivity index (χ0v) is 33.6. The molecule has 0 aliphatic heterocycles. The summed E-state index contributed by atoms with van der Waals surface area (Å²) in [6, 6.07) is 87.2. The van der Waals surface area contributed by atoms with Gasteiger partial charge in [-0.3, -0.25) is 0 Å². The first-order valence-corrected chi connectivity index (χ1v) is 21.3. The fourth-order valence-corrected chi connectivity index (χ4v) is 10.3. The van der Waals surface area contributed by atoms with Crippen molar-refractivity contribution in [2.75, 3.05) is 4.90 Å². The lowest BCUT2D eigenvalue weighted by Gasteiger charge is -2.44. The molecule has 0 saturated heterocycles. The van der Waals surface area contributed by atoms with Gasteiger partial charge in [-0.1, -0.05) is 200 Å². The van der Waals surface area contributed by atoms with Crippen LogP contribution in [0.1, 0.15) is 45.2 Å². The SMILES string of the molecule is c1ccc(-c2ccc(N(c3ccc(-c4ccc(-c5ccccc5)c5c4C4c6ccccc6C5c5ccccc54)cc3)c3ccc(-c4cccc5ccccc45)cc3)cc2)cc1. The Kier molecular flexibility index (Phi) is 8.38. The third-order valence-corrected chi connectivity index (χ3v) is 13.1. The van der Waals surface area contributed by atoms with Crippen molar-refractivity contribution in [2.45, 2.75) is 11.8 Å². The molecule has 3 aliphatic rings. The number of fused-ring (bicyclic) bond motifs is 1. The minimum atomic E-state index is 0.158. The highest BCUT2D eigenvalue weighted by molar-refractivity contribution is 5.97. The van der Waals surface area contributed by atoms with Gasteiger partial charge in [0.25, 0.3) is 0 Å². The van der Waals surface area contributed by atoms with Gasteiger partial charge in [0.15, 0.2) is 0 Å². The van der Waals surface area contributed by atoms with Gasteiger partial charge in [-0.2, -0.15) is 0 Å². The summed E-state index contributed by atoms with van der Waals surface area (Å²) in [4.78, 5) is 2.38. The summed E-state index contributed by atoms with van der Waals surface area (Å²) in [5.41, 5.74) is 21.9. The van der Waals surface area contributed by atoms with Gasteiger partial charge in [-0.15, -0.1) is 0 Å². The normalized spacial score (nSPS) is 14.6. The van der Waals surface area contributed by atoms with E-state index in [-0.39, 0.29) is 11.8 Å². The van der Waals surface area contributed by atoms with Crippen LogP contribution in [0.4, 0.5) is 17.1 Å². The zero-order chi connectivity index (χ0) is 40.3. The summed E-state index contributed by atoms with van der Waals surface area (Å²) >= 11 is 0. The lowest BCUT2D eigenvalue weighted by atomic mass is 9.58. The minimum absolute atomic E-state index is 0.158. The van der Waals surface area contributed by atoms with Crippen molar-refractivity contribution in [2.24, 2.45) is 0 Å².